The lowest BCUT2D eigenvalue weighted by molar-refractivity contribution is -0.139. The van der Waals surface area contributed by atoms with E-state index in [4.69, 9.17) is 25.8 Å². The van der Waals surface area contributed by atoms with Crippen molar-refractivity contribution in [2.75, 3.05) is 6.61 Å². The molecule has 0 aromatic rings. The smallest absolute Gasteiger partial charge is 0.320 e. The van der Waals surface area contributed by atoms with Gasteiger partial charge in [0.2, 0.25) is 0 Å². The van der Waals surface area contributed by atoms with Gasteiger partial charge in [0.15, 0.2) is 0 Å². The highest BCUT2D eigenvalue weighted by atomic mass is 16.4. The van der Waals surface area contributed by atoms with Crippen LogP contribution < -0.4 is 5.73 Å². The zero-order chi connectivity index (χ0) is 10.1. The summed E-state index contributed by atoms with van der Waals surface area (Å²) in [5.74, 6) is -1.90. The highest BCUT2D eigenvalue weighted by Crippen LogP contribution is 1.83. The fraction of sp³-hybridized carbons (Fsp3) is 0.667. The molecule has 1 unspecified atom stereocenters. The van der Waals surface area contributed by atoms with Crippen LogP contribution in [0.3, 0.4) is 0 Å². The maximum Gasteiger partial charge on any atom is 0.320 e. The van der Waals surface area contributed by atoms with Gasteiger partial charge in [-0.1, -0.05) is 0 Å². The van der Waals surface area contributed by atoms with Gasteiger partial charge < -0.3 is 21.1 Å². The average Bonchev–Trinajstić information content (AvgIpc) is 1.86. The Morgan fingerprint density at radius 2 is 1.75 bits per heavy atom. The van der Waals surface area contributed by atoms with Crippen LogP contribution in [0.4, 0.5) is 0 Å². The molecular formula is C6H13NO5. The normalized spacial score (nSPS) is 10.9. The Hall–Kier alpha value is -1.14. The molecule has 0 bridgehead atoms. The fourth-order valence-electron chi connectivity index (χ4n) is 0.263. The molecule has 0 amide bonds. The summed E-state index contributed by atoms with van der Waals surface area (Å²) >= 11 is 0. The van der Waals surface area contributed by atoms with Crippen molar-refractivity contribution >= 4 is 11.9 Å². The molecule has 0 aliphatic heterocycles. The summed E-state index contributed by atoms with van der Waals surface area (Å²) in [6.45, 7) is 0.910. The summed E-state index contributed by atoms with van der Waals surface area (Å²) in [4.78, 5) is 18.9. The second-order valence-corrected chi connectivity index (χ2v) is 1.98. The number of hydrogen-bond acceptors (Lipinski definition) is 4. The van der Waals surface area contributed by atoms with Gasteiger partial charge in [-0.25, -0.2) is 0 Å². The maximum absolute atomic E-state index is 9.85. The number of rotatable bonds is 3. The summed E-state index contributed by atoms with van der Waals surface area (Å²) in [5.41, 5.74) is 4.97. The van der Waals surface area contributed by atoms with E-state index < -0.39 is 18.0 Å². The molecule has 0 heterocycles. The second-order valence-electron chi connectivity index (χ2n) is 1.98. The Morgan fingerprint density at radius 3 is 1.83 bits per heavy atom. The van der Waals surface area contributed by atoms with Gasteiger partial charge in [-0.05, 0) is 6.42 Å². The van der Waals surface area contributed by atoms with Crippen molar-refractivity contribution in [3.05, 3.63) is 0 Å². The molecule has 6 heteroatoms. The van der Waals surface area contributed by atoms with Crippen LogP contribution in [-0.2, 0) is 9.59 Å². The minimum Gasteiger partial charge on any atom is -0.481 e. The molecule has 0 saturated heterocycles. The van der Waals surface area contributed by atoms with Crippen molar-refractivity contribution in [1.29, 1.82) is 0 Å². The summed E-state index contributed by atoms with van der Waals surface area (Å²) in [7, 11) is 0. The minimum absolute atomic E-state index is 0.120. The van der Waals surface area contributed by atoms with Gasteiger partial charge in [-0.3, -0.25) is 9.59 Å². The molecule has 5 N–H and O–H groups in total. The van der Waals surface area contributed by atoms with Crippen LogP contribution in [0.5, 0.6) is 0 Å². The maximum atomic E-state index is 9.85. The van der Waals surface area contributed by atoms with Crippen LogP contribution in [0.1, 0.15) is 13.3 Å². The van der Waals surface area contributed by atoms with Gasteiger partial charge in [-0.2, -0.15) is 0 Å². The largest absolute Gasteiger partial charge is 0.481 e. The van der Waals surface area contributed by atoms with E-state index in [1.165, 1.54) is 0 Å². The SMILES string of the molecule is CC(=O)O.NC(CCO)C(=O)O. The Bertz CT molecular complexity index is 143. The third kappa shape index (κ3) is 15.9. The predicted octanol–water partition coefficient (Wildman–Crippen LogP) is -1.13. The molecule has 1 atom stereocenters. The van der Waals surface area contributed by atoms with Gasteiger partial charge in [0.05, 0.1) is 0 Å². The van der Waals surface area contributed by atoms with Crippen LogP contribution in [-0.4, -0.2) is 39.9 Å². The zero-order valence-electron chi connectivity index (χ0n) is 6.73. The number of carbonyl (C=O) groups is 2. The summed E-state index contributed by atoms with van der Waals surface area (Å²) < 4.78 is 0. The molecule has 0 saturated carbocycles. The number of aliphatic carboxylic acids is 2. The van der Waals surface area contributed by atoms with Crippen LogP contribution in [0.25, 0.3) is 0 Å². The standard InChI is InChI=1S/C4H9NO3.C2H4O2/c5-3(1-2-6)4(7)8;1-2(3)4/h3,6H,1-2,5H2,(H,7,8);1H3,(H,3,4). The molecule has 0 spiro atoms. The van der Waals surface area contributed by atoms with E-state index in [9.17, 15) is 4.79 Å². The number of carboxylic acids is 2. The van der Waals surface area contributed by atoms with Crippen LogP contribution >= 0.6 is 0 Å². The van der Waals surface area contributed by atoms with Crippen molar-refractivity contribution < 1.29 is 24.9 Å². The highest BCUT2D eigenvalue weighted by molar-refractivity contribution is 5.72. The monoisotopic (exact) mass is 179 g/mol. The van der Waals surface area contributed by atoms with Crippen molar-refractivity contribution in [3.63, 3.8) is 0 Å². The van der Waals surface area contributed by atoms with Crippen molar-refractivity contribution in [2.24, 2.45) is 5.73 Å². The van der Waals surface area contributed by atoms with Gasteiger partial charge in [0, 0.05) is 13.5 Å². The molecule has 0 rings (SSSR count). The quantitative estimate of drug-likeness (QED) is 0.435. The summed E-state index contributed by atoms with van der Waals surface area (Å²) in [6.07, 6.45) is 0.120. The van der Waals surface area contributed by atoms with Crippen molar-refractivity contribution in [3.8, 4) is 0 Å². The van der Waals surface area contributed by atoms with Gasteiger partial charge >= 0.3 is 5.97 Å². The molecule has 0 aromatic carbocycles. The van der Waals surface area contributed by atoms with E-state index in [2.05, 4.69) is 0 Å². The van der Waals surface area contributed by atoms with E-state index >= 15 is 0 Å². The fourth-order valence-corrected chi connectivity index (χ4v) is 0.263. The highest BCUT2D eigenvalue weighted by Gasteiger charge is 2.08. The van der Waals surface area contributed by atoms with Crippen molar-refractivity contribution in [2.45, 2.75) is 19.4 Å². The van der Waals surface area contributed by atoms with Crippen molar-refractivity contribution in [1.82, 2.24) is 0 Å². The molecular weight excluding hydrogens is 166 g/mol. The second kappa shape index (κ2) is 7.96. The van der Waals surface area contributed by atoms with Crippen LogP contribution in [0.2, 0.25) is 0 Å². The molecule has 0 aliphatic carbocycles. The third-order valence-electron chi connectivity index (χ3n) is 0.757. The Morgan fingerprint density at radius 1 is 1.42 bits per heavy atom. The average molecular weight is 179 g/mol. The minimum atomic E-state index is -1.07. The number of aliphatic hydroxyl groups is 1. The first-order valence-electron chi connectivity index (χ1n) is 3.20. The summed E-state index contributed by atoms with van der Waals surface area (Å²) in [6, 6.07) is -0.917. The molecule has 0 fully saturated rings. The number of carboxylic acid groups (broad SMARTS) is 2. The van der Waals surface area contributed by atoms with E-state index in [-0.39, 0.29) is 13.0 Å². The van der Waals surface area contributed by atoms with E-state index in [1.54, 1.807) is 0 Å². The Labute approximate surface area is 69.6 Å². The summed E-state index contributed by atoms with van der Waals surface area (Å²) in [5, 5.41) is 23.6. The number of nitrogens with two attached hydrogens (primary N) is 1. The first kappa shape index (κ1) is 13.4. The van der Waals surface area contributed by atoms with Crippen LogP contribution in [0, 0.1) is 0 Å². The van der Waals surface area contributed by atoms with Gasteiger partial charge in [0.1, 0.15) is 6.04 Å². The third-order valence-corrected chi connectivity index (χ3v) is 0.757. The molecule has 6 nitrogen and oxygen atoms in total. The van der Waals surface area contributed by atoms with Gasteiger partial charge in [0.25, 0.3) is 5.97 Å². The van der Waals surface area contributed by atoms with E-state index in [0.717, 1.165) is 6.92 Å². The molecule has 0 radical (unpaired) electrons. The lowest BCUT2D eigenvalue weighted by Crippen LogP contribution is -2.30. The van der Waals surface area contributed by atoms with Crippen LogP contribution in [0.15, 0.2) is 0 Å². The lowest BCUT2D eigenvalue weighted by Gasteiger charge is -2.00. The Balaban J connectivity index is 0. The number of hydrogen-bond donors (Lipinski definition) is 4. The molecule has 0 aromatic heterocycles. The van der Waals surface area contributed by atoms with E-state index in [1.807, 2.05) is 0 Å². The van der Waals surface area contributed by atoms with Gasteiger partial charge in [-0.15, -0.1) is 0 Å². The zero-order valence-corrected chi connectivity index (χ0v) is 6.73. The topological polar surface area (TPSA) is 121 Å². The first-order valence-corrected chi connectivity index (χ1v) is 3.20. The first-order chi connectivity index (χ1) is 5.41. The Kier molecular flexibility index (Phi) is 8.92. The lowest BCUT2D eigenvalue weighted by atomic mass is 10.2. The molecule has 0 aliphatic rings. The molecule has 72 valence electrons. The number of aliphatic hydroxyl groups excluding tert-OH is 1. The molecule has 12 heavy (non-hydrogen) atoms. The predicted molar refractivity (Wildman–Crippen MR) is 40.6 cm³/mol. The van der Waals surface area contributed by atoms with E-state index in [0.29, 0.717) is 0 Å².